The first-order valence-corrected chi connectivity index (χ1v) is 12.0. The first kappa shape index (κ1) is 28.2. The molecule has 0 saturated carbocycles. The van der Waals surface area contributed by atoms with Crippen LogP contribution < -0.4 is 0 Å². The minimum Gasteiger partial charge on any atom is -0.349 e. The van der Waals surface area contributed by atoms with Crippen molar-refractivity contribution in [1.29, 1.82) is 0 Å². The lowest BCUT2D eigenvalue weighted by molar-refractivity contribution is -0.140. The van der Waals surface area contributed by atoms with Crippen LogP contribution in [0.2, 0.25) is 10.0 Å². The number of alkyl halides is 3. The Labute approximate surface area is 217 Å². The standard InChI is InChI=1S/C25H27Cl2F4N3O2/c1-32(2)23(35)8-9-24(36)34-13-17(16-5-7-19(26)20(27)11-16)22(14-34)33(3)12-15-4-6-18(21(28)10-15)25(29,30)31/h4-7,10-11,17,22H,8-9,12-14H2,1-3H3/t17-,22?/m1/s1. The van der Waals surface area contributed by atoms with E-state index in [1.165, 1.54) is 11.0 Å². The summed E-state index contributed by atoms with van der Waals surface area (Å²) in [5.74, 6) is -1.84. The number of amides is 2. The molecule has 1 fully saturated rings. The largest absolute Gasteiger partial charge is 0.419 e. The van der Waals surface area contributed by atoms with E-state index >= 15 is 0 Å². The summed E-state index contributed by atoms with van der Waals surface area (Å²) in [5, 5.41) is 0.750. The van der Waals surface area contributed by atoms with E-state index in [9.17, 15) is 27.2 Å². The van der Waals surface area contributed by atoms with Gasteiger partial charge in [-0.1, -0.05) is 35.3 Å². The topological polar surface area (TPSA) is 43.9 Å². The number of halogens is 6. The summed E-state index contributed by atoms with van der Waals surface area (Å²) < 4.78 is 52.9. The molecule has 2 atom stereocenters. The van der Waals surface area contributed by atoms with Gasteiger partial charge < -0.3 is 9.80 Å². The highest BCUT2D eigenvalue weighted by molar-refractivity contribution is 6.42. The summed E-state index contributed by atoms with van der Waals surface area (Å²) in [4.78, 5) is 29.8. The Morgan fingerprint density at radius 2 is 1.69 bits per heavy atom. The second kappa shape index (κ2) is 11.4. The molecule has 1 unspecified atom stereocenters. The first-order valence-electron chi connectivity index (χ1n) is 11.3. The van der Waals surface area contributed by atoms with Gasteiger partial charge in [-0.3, -0.25) is 14.5 Å². The highest BCUT2D eigenvalue weighted by atomic mass is 35.5. The van der Waals surface area contributed by atoms with E-state index in [4.69, 9.17) is 23.2 Å². The van der Waals surface area contributed by atoms with E-state index < -0.39 is 17.6 Å². The number of likely N-dealkylation sites (tertiary alicyclic amines) is 1. The van der Waals surface area contributed by atoms with Gasteiger partial charge in [0.05, 0.1) is 15.6 Å². The average molecular weight is 548 g/mol. The monoisotopic (exact) mass is 547 g/mol. The molecule has 3 rings (SSSR count). The van der Waals surface area contributed by atoms with Crippen LogP contribution in [0.1, 0.15) is 35.4 Å². The maximum atomic E-state index is 14.1. The van der Waals surface area contributed by atoms with Crippen molar-refractivity contribution in [3.8, 4) is 0 Å². The van der Waals surface area contributed by atoms with Crippen molar-refractivity contribution in [3.05, 3.63) is 69.0 Å². The lowest BCUT2D eigenvalue weighted by Crippen LogP contribution is -2.38. The zero-order valence-corrected chi connectivity index (χ0v) is 21.6. The van der Waals surface area contributed by atoms with Gasteiger partial charge in [0.1, 0.15) is 5.82 Å². The van der Waals surface area contributed by atoms with Crippen molar-refractivity contribution in [2.24, 2.45) is 0 Å². The number of carbonyl (C=O) groups is 2. The summed E-state index contributed by atoms with van der Waals surface area (Å²) in [6.07, 6.45) is -4.62. The predicted molar refractivity (Wildman–Crippen MR) is 130 cm³/mol. The van der Waals surface area contributed by atoms with Crippen LogP contribution in [-0.2, 0) is 22.3 Å². The van der Waals surface area contributed by atoms with Crippen LogP contribution in [0.15, 0.2) is 36.4 Å². The molecule has 1 heterocycles. The Morgan fingerprint density at radius 1 is 1.00 bits per heavy atom. The number of hydrogen-bond donors (Lipinski definition) is 0. The average Bonchev–Trinajstić information content (AvgIpc) is 3.24. The first-order chi connectivity index (χ1) is 16.8. The number of hydrogen-bond acceptors (Lipinski definition) is 3. The normalized spacial score (nSPS) is 18.1. The summed E-state index contributed by atoms with van der Waals surface area (Å²) in [7, 11) is 5.02. The fraction of sp³-hybridized carbons (Fsp3) is 0.440. The Balaban J connectivity index is 1.82. The van der Waals surface area contributed by atoms with Crippen LogP contribution in [0.25, 0.3) is 0 Å². The van der Waals surface area contributed by atoms with E-state index in [0.29, 0.717) is 28.7 Å². The molecule has 0 radical (unpaired) electrons. The molecule has 2 aromatic carbocycles. The van der Waals surface area contributed by atoms with Crippen molar-refractivity contribution in [2.45, 2.75) is 37.5 Å². The van der Waals surface area contributed by atoms with Gasteiger partial charge in [0, 0.05) is 58.5 Å². The molecular formula is C25H27Cl2F4N3O2. The Kier molecular flexibility index (Phi) is 8.90. The summed E-state index contributed by atoms with van der Waals surface area (Å²) in [6.45, 7) is 0.863. The fourth-order valence-electron chi connectivity index (χ4n) is 4.40. The van der Waals surface area contributed by atoms with Crippen molar-refractivity contribution < 1.29 is 27.2 Å². The predicted octanol–water partition coefficient (Wildman–Crippen LogP) is 5.45. The third-order valence-corrected chi connectivity index (χ3v) is 7.14. The summed E-state index contributed by atoms with van der Waals surface area (Å²) in [6, 6.07) is 7.86. The Hall–Kier alpha value is -2.36. The zero-order valence-electron chi connectivity index (χ0n) is 20.1. The Bertz CT molecular complexity index is 1130. The van der Waals surface area contributed by atoms with Gasteiger partial charge in [0.25, 0.3) is 0 Å². The molecule has 1 saturated heterocycles. The van der Waals surface area contributed by atoms with E-state index in [1.54, 1.807) is 38.2 Å². The van der Waals surface area contributed by atoms with Crippen molar-refractivity contribution >= 4 is 35.0 Å². The van der Waals surface area contributed by atoms with Crippen LogP contribution in [0.5, 0.6) is 0 Å². The van der Waals surface area contributed by atoms with Crippen molar-refractivity contribution in [1.82, 2.24) is 14.7 Å². The Morgan fingerprint density at radius 3 is 2.28 bits per heavy atom. The van der Waals surface area contributed by atoms with Crippen molar-refractivity contribution in [2.75, 3.05) is 34.2 Å². The van der Waals surface area contributed by atoms with Crippen molar-refractivity contribution in [3.63, 3.8) is 0 Å². The van der Waals surface area contributed by atoms with Crippen LogP contribution in [0, 0.1) is 5.82 Å². The zero-order chi connectivity index (χ0) is 26.8. The second-order valence-electron chi connectivity index (χ2n) is 9.16. The van der Waals surface area contributed by atoms with Gasteiger partial charge in [-0.15, -0.1) is 0 Å². The summed E-state index contributed by atoms with van der Waals surface area (Å²) in [5.41, 5.74) is -0.0933. The third-order valence-electron chi connectivity index (χ3n) is 6.40. The maximum absolute atomic E-state index is 14.1. The third kappa shape index (κ3) is 6.69. The smallest absolute Gasteiger partial charge is 0.349 e. The minimum atomic E-state index is -4.77. The quantitative estimate of drug-likeness (QED) is 0.433. The lowest BCUT2D eigenvalue weighted by Gasteiger charge is -2.29. The van der Waals surface area contributed by atoms with E-state index in [1.807, 2.05) is 11.0 Å². The fourth-order valence-corrected chi connectivity index (χ4v) is 4.70. The molecule has 1 aliphatic heterocycles. The lowest BCUT2D eigenvalue weighted by atomic mass is 9.93. The maximum Gasteiger partial charge on any atom is 0.419 e. The van der Waals surface area contributed by atoms with Gasteiger partial charge in [-0.05, 0) is 42.4 Å². The number of likely N-dealkylation sites (N-methyl/N-ethyl adjacent to an activating group) is 1. The SMILES string of the molecule is CN(C)C(=O)CCC(=O)N1CC(N(C)Cc2ccc(C(F)(F)F)c(F)c2)[C@@H](c2ccc(Cl)c(Cl)c2)C1. The van der Waals surface area contributed by atoms with Gasteiger partial charge in [-0.2, -0.15) is 13.2 Å². The number of rotatable bonds is 7. The molecular weight excluding hydrogens is 521 g/mol. The van der Waals surface area contributed by atoms with Gasteiger partial charge in [0.2, 0.25) is 11.8 Å². The number of benzene rings is 2. The molecule has 0 aromatic heterocycles. The van der Waals surface area contributed by atoms with Crippen LogP contribution in [0.4, 0.5) is 17.6 Å². The molecule has 1 aliphatic rings. The number of nitrogens with zero attached hydrogens (tertiary/aromatic N) is 3. The molecule has 0 N–H and O–H groups in total. The molecule has 2 amide bonds. The van der Waals surface area contributed by atoms with Crippen LogP contribution >= 0.6 is 23.2 Å². The summed E-state index contributed by atoms with van der Waals surface area (Å²) >= 11 is 12.3. The molecule has 196 valence electrons. The molecule has 0 spiro atoms. The van der Waals surface area contributed by atoms with Crippen LogP contribution in [-0.4, -0.2) is 66.8 Å². The molecule has 5 nitrogen and oxygen atoms in total. The van der Waals surface area contributed by atoms with E-state index in [2.05, 4.69) is 0 Å². The molecule has 2 aromatic rings. The van der Waals surface area contributed by atoms with E-state index in [0.717, 1.165) is 17.7 Å². The van der Waals surface area contributed by atoms with Gasteiger partial charge in [0.15, 0.2) is 0 Å². The van der Waals surface area contributed by atoms with Gasteiger partial charge in [-0.25, -0.2) is 4.39 Å². The molecule has 36 heavy (non-hydrogen) atoms. The number of carbonyl (C=O) groups excluding carboxylic acids is 2. The molecule has 0 aliphatic carbocycles. The molecule has 11 heteroatoms. The highest BCUT2D eigenvalue weighted by Gasteiger charge is 2.39. The van der Waals surface area contributed by atoms with Crippen LogP contribution in [0.3, 0.4) is 0 Å². The van der Waals surface area contributed by atoms with E-state index in [-0.39, 0.29) is 43.2 Å². The minimum absolute atomic E-state index is 0.0612. The second-order valence-corrected chi connectivity index (χ2v) is 9.98. The van der Waals surface area contributed by atoms with Gasteiger partial charge >= 0.3 is 6.18 Å². The molecule has 0 bridgehead atoms. The highest BCUT2D eigenvalue weighted by Crippen LogP contribution is 2.36.